The molecule has 0 fully saturated rings. The second-order valence-corrected chi connectivity index (χ2v) is 12.6. The van der Waals surface area contributed by atoms with Crippen LogP contribution in [0.5, 0.6) is 11.5 Å². The topological polar surface area (TPSA) is 31.8 Å². The third-order valence-electron chi connectivity index (χ3n) is 9.37. The molecule has 0 spiro atoms. The molecule has 0 atom stereocenters. The van der Waals surface area contributed by atoms with E-state index in [0.29, 0.717) is 23.0 Å². The summed E-state index contributed by atoms with van der Waals surface area (Å²) in [5, 5.41) is 0. The van der Waals surface area contributed by atoms with Crippen LogP contribution >= 0.6 is 0 Å². The van der Waals surface area contributed by atoms with E-state index in [1.807, 2.05) is 60.7 Å². The average Bonchev–Trinajstić information content (AvgIpc) is 3.78. The minimum atomic E-state index is -0.562. The predicted molar refractivity (Wildman–Crippen MR) is 223 cm³/mol. The summed E-state index contributed by atoms with van der Waals surface area (Å²) in [6, 6.07) is 38.0. The van der Waals surface area contributed by atoms with Gasteiger partial charge in [0.05, 0.1) is 19.4 Å². The number of pyridine rings is 1. The summed E-state index contributed by atoms with van der Waals surface area (Å²) in [5.41, 5.74) is 6.66. The first kappa shape index (κ1) is 25.4. The van der Waals surface area contributed by atoms with Gasteiger partial charge in [-0.2, -0.15) is 12.1 Å². The zero-order valence-electron chi connectivity index (χ0n) is 39.3. The number of benzene rings is 7. The van der Waals surface area contributed by atoms with E-state index in [1.54, 1.807) is 65.4 Å². The van der Waals surface area contributed by atoms with Crippen molar-refractivity contribution in [2.45, 2.75) is 0 Å². The van der Waals surface area contributed by atoms with Crippen LogP contribution in [0, 0.1) is 18.8 Å². The summed E-state index contributed by atoms with van der Waals surface area (Å²) in [4.78, 5) is 10.2. The molecule has 56 heavy (non-hydrogen) atoms. The number of hydrogen-bond acceptors (Lipinski definition) is 5. The molecule has 0 amide bonds. The molecule has 0 bridgehead atoms. The first-order valence-corrected chi connectivity index (χ1v) is 17.5. The molecule has 0 saturated carbocycles. The monoisotopic (exact) mass is 910 g/mol. The predicted octanol–water partition coefficient (Wildman–Crippen LogP) is 12.8. The summed E-state index contributed by atoms with van der Waals surface area (Å²) in [6.07, 6.45) is 5.14. The number of aromatic nitrogens is 1. The maximum Gasteiger partial charge on any atom is 0.135 e. The molecule has 272 valence electrons. The van der Waals surface area contributed by atoms with Crippen molar-refractivity contribution in [3.63, 3.8) is 0 Å². The van der Waals surface area contributed by atoms with E-state index < -0.39 is 60.4 Å². The Morgan fingerprint density at radius 1 is 0.536 bits per heavy atom. The van der Waals surface area contributed by atoms with Crippen LogP contribution in [0.25, 0.3) is 44.5 Å². The van der Waals surface area contributed by atoms with Gasteiger partial charge in [0, 0.05) is 61.1 Å². The van der Waals surface area contributed by atoms with Gasteiger partial charge in [0.2, 0.25) is 0 Å². The Morgan fingerprint density at radius 2 is 1.14 bits per heavy atom. The van der Waals surface area contributed by atoms with E-state index in [-0.39, 0.29) is 49.0 Å². The van der Waals surface area contributed by atoms with Gasteiger partial charge in [0.15, 0.2) is 0 Å². The van der Waals surface area contributed by atoms with Crippen molar-refractivity contribution >= 4 is 28.6 Å². The van der Waals surface area contributed by atoms with Gasteiger partial charge in [0.1, 0.15) is 5.82 Å². The fraction of sp³-hybridized carbons (Fsp3) is 0. The number of hydrogen-bond donors (Lipinski definition) is 0. The molecule has 5 nitrogen and oxygen atoms in total. The molecule has 8 aromatic rings. The third kappa shape index (κ3) is 6.46. The van der Waals surface area contributed by atoms with E-state index >= 15 is 0 Å². The van der Waals surface area contributed by atoms with Gasteiger partial charge in [-0.05, 0) is 47.3 Å². The van der Waals surface area contributed by atoms with Crippen LogP contribution < -0.4 is 19.4 Å². The molecular formula is C50H33N4OPt-3. The number of fused-ring (bicyclic) bond motifs is 5. The van der Waals surface area contributed by atoms with Gasteiger partial charge in [-0.3, -0.25) is 0 Å². The first-order chi connectivity index (χ1) is 31.4. The minimum absolute atomic E-state index is 0. The van der Waals surface area contributed by atoms with Gasteiger partial charge in [-0.25, -0.2) is 4.98 Å². The van der Waals surface area contributed by atoms with Crippen molar-refractivity contribution < 1.29 is 39.5 Å². The van der Waals surface area contributed by atoms with Gasteiger partial charge in [-0.1, -0.05) is 138 Å². The first-order valence-electron chi connectivity index (χ1n) is 22.5. The number of rotatable bonds is 7. The summed E-state index contributed by atoms with van der Waals surface area (Å²) < 4.78 is 92.1. The second kappa shape index (κ2) is 15.2. The van der Waals surface area contributed by atoms with Crippen molar-refractivity contribution in [2.75, 3.05) is 14.7 Å². The Kier molecular flexibility index (Phi) is 6.90. The van der Waals surface area contributed by atoms with Crippen molar-refractivity contribution in [3.05, 3.63) is 213 Å². The molecule has 3 heterocycles. The average molecular weight is 911 g/mol. The Balaban J connectivity index is 0.00000548. The fourth-order valence-electron chi connectivity index (χ4n) is 7.00. The molecule has 1 aromatic heterocycles. The van der Waals surface area contributed by atoms with E-state index in [2.05, 4.69) is 41.3 Å². The number of anilines is 5. The van der Waals surface area contributed by atoms with Crippen molar-refractivity contribution in [1.82, 2.24) is 4.98 Å². The van der Waals surface area contributed by atoms with E-state index in [9.17, 15) is 0 Å². The molecule has 0 N–H and O–H groups in total. The van der Waals surface area contributed by atoms with Crippen LogP contribution in [0.15, 0.2) is 194 Å². The standard InChI is InChI=1S/C50H33N4O.Pt/c1-3-15-36(16-4-1)41-24-14-25-42(37-17-5-2-6-18-37)50(41)53-32-31-52(35-53)38-19-13-20-39(33-38)55-40-28-29-46-44-22-8-7-21-43(44)45-23-9-10-26-47(45)54(48(46)34-40)49-27-11-12-30-51-49;/h1-32,35H;/q-3;/i1D,2D,3D,4D,5D,6D,15D,16D,17D,18D;. The van der Waals surface area contributed by atoms with Crippen molar-refractivity contribution in [1.29, 1.82) is 0 Å². The number of nitrogens with zero attached hydrogens (tertiary/aromatic N) is 4. The van der Waals surface area contributed by atoms with Crippen LogP contribution in [0.4, 0.5) is 28.6 Å². The molecular weight excluding hydrogens is 868 g/mol. The molecule has 0 aliphatic carbocycles. The zero-order chi connectivity index (χ0) is 45.3. The maximum atomic E-state index is 8.85. The molecule has 0 saturated heterocycles. The van der Waals surface area contributed by atoms with Crippen LogP contribution in [0.2, 0.25) is 0 Å². The van der Waals surface area contributed by atoms with Crippen molar-refractivity contribution in [3.8, 4) is 56.0 Å². The molecule has 0 radical (unpaired) electrons. The van der Waals surface area contributed by atoms with Crippen molar-refractivity contribution in [2.24, 2.45) is 0 Å². The van der Waals surface area contributed by atoms with Gasteiger partial charge >= 0.3 is 0 Å². The summed E-state index contributed by atoms with van der Waals surface area (Å²) >= 11 is 0. The fourth-order valence-corrected chi connectivity index (χ4v) is 7.00. The Hall–Kier alpha value is -6.68. The van der Waals surface area contributed by atoms with Gasteiger partial charge in [0.25, 0.3) is 0 Å². The van der Waals surface area contributed by atoms with Crippen LogP contribution in [-0.4, -0.2) is 4.98 Å². The zero-order valence-corrected chi connectivity index (χ0v) is 31.6. The largest absolute Gasteiger partial charge is 0.509 e. The normalized spacial score (nSPS) is 15.1. The quantitative estimate of drug-likeness (QED) is 0.149. The summed E-state index contributed by atoms with van der Waals surface area (Å²) in [7, 11) is 0. The minimum Gasteiger partial charge on any atom is -0.509 e. The SMILES string of the molecule is [2H]c1c([2H])c([2H])c(-c2cccc(-c3c([2H])c([2H])c([2H])c([2H])c3[2H])c2N2C=CN(c3[c-]c(Oc4[c-]c5c(cc4)-c4ccccc4-c4ccccc4N5c4ccccn4)ccc3)[CH-]2)c([2H])c1[2H].[Pt]. The summed E-state index contributed by atoms with van der Waals surface area (Å²) in [6.45, 7) is 1.66. The van der Waals surface area contributed by atoms with Crippen LogP contribution in [0.3, 0.4) is 0 Å². The van der Waals surface area contributed by atoms with Gasteiger partial charge in [-0.15, -0.1) is 48.3 Å². The Morgan fingerprint density at radius 3 is 1.86 bits per heavy atom. The number of para-hydroxylation sites is 2. The van der Waals surface area contributed by atoms with Crippen LogP contribution in [-0.2, 0) is 21.1 Å². The van der Waals surface area contributed by atoms with Crippen LogP contribution in [0.1, 0.15) is 13.7 Å². The Bertz CT molecular complexity index is 3130. The molecule has 10 rings (SSSR count). The molecule has 0 unspecified atom stereocenters. The molecule has 6 heteroatoms. The second-order valence-electron chi connectivity index (χ2n) is 12.6. The number of ether oxygens (including phenoxy) is 1. The van der Waals surface area contributed by atoms with E-state index in [1.165, 1.54) is 0 Å². The van der Waals surface area contributed by atoms with E-state index in [0.717, 1.165) is 33.6 Å². The smallest absolute Gasteiger partial charge is 0.135 e. The molecule has 2 aliphatic rings. The Labute approximate surface area is 355 Å². The molecule has 7 aromatic carbocycles. The van der Waals surface area contributed by atoms with Gasteiger partial charge < -0.3 is 19.4 Å². The van der Waals surface area contributed by atoms with E-state index in [4.69, 9.17) is 23.4 Å². The molecule has 2 aliphatic heterocycles. The maximum absolute atomic E-state index is 8.85. The third-order valence-corrected chi connectivity index (χ3v) is 9.37. The summed E-state index contributed by atoms with van der Waals surface area (Å²) in [5.74, 6) is 1.50.